The topological polar surface area (TPSA) is 36.9 Å². The van der Waals surface area contributed by atoms with E-state index in [9.17, 15) is 0 Å². The van der Waals surface area contributed by atoms with Gasteiger partial charge in [0.05, 0.1) is 6.10 Å². The molecule has 2 aliphatic heterocycles. The predicted octanol–water partition coefficient (Wildman–Crippen LogP) is 3.87. The Morgan fingerprint density at radius 3 is 2.72 bits per heavy atom. The minimum Gasteiger partial charge on any atom is -0.376 e. The van der Waals surface area contributed by atoms with Crippen LogP contribution in [0.1, 0.15) is 44.1 Å². The van der Waals surface area contributed by atoms with Gasteiger partial charge >= 0.3 is 0 Å². The van der Waals surface area contributed by atoms with Gasteiger partial charge in [0, 0.05) is 33.3 Å². The molecule has 1 N–H and O–H groups in total. The van der Waals surface area contributed by atoms with Gasteiger partial charge in [0.25, 0.3) is 0 Å². The van der Waals surface area contributed by atoms with Gasteiger partial charge in [0.2, 0.25) is 0 Å². The molecule has 2 aliphatic rings. The van der Waals surface area contributed by atoms with Gasteiger partial charge in [0.1, 0.15) is 0 Å². The molecule has 0 aromatic heterocycles. The van der Waals surface area contributed by atoms with E-state index in [1.807, 2.05) is 7.05 Å². The second kappa shape index (κ2) is 10.4. The molecular weight excluding hydrogens is 425 g/mol. The lowest BCUT2D eigenvalue weighted by Gasteiger charge is -2.40. The fourth-order valence-corrected chi connectivity index (χ4v) is 4.12. The van der Waals surface area contributed by atoms with Gasteiger partial charge in [-0.2, -0.15) is 0 Å². The van der Waals surface area contributed by atoms with E-state index in [0.29, 0.717) is 17.9 Å². The van der Waals surface area contributed by atoms with Crippen LogP contribution in [0.4, 0.5) is 0 Å². The van der Waals surface area contributed by atoms with E-state index in [1.165, 1.54) is 24.8 Å². The van der Waals surface area contributed by atoms with Crippen LogP contribution in [0.2, 0.25) is 0 Å². The number of hydrogen-bond donors (Lipinski definition) is 1. The molecule has 3 rings (SSSR count). The lowest BCUT2D eigenvalue weighted by Crippen LogP contribution is -2.49. The monoisotopic (exact) mass is 457 g/mol. The third-order valence-electron chi connectivity index (χ3n) is 5.51. The number of nitrogens with one attached hydrogen (secondary N) is 1. The van der Waals surface area contributed by atoms with E-state index in [1.54, 1.807) is 0 Å². The second-order valence-electron chi connectivity index (χ2n) is 6.98. The van der Waals surface area contributed by atoms with Crippen molar-refractivity contribution in [2.24, 2.45) is 10.9 Å². The van der Waals surface area contributed by atoms with E-state index >= 15 is 0 Å². The fraction of sp³-hybridized carbons (Fsp3) is 0.650. The first-order chi connectivity index (χ1) is 11.8. The maximum absolute atomic E-state index is 5.72. The summed E-state index contributed by atoms with van der Waals surface area (Å²) in [7, 11) is 1.89. The Kier molecular flexibility index (Phi) is 8.49. The lowest BCUT2D eigenvalue weighted by atomic mass is 9.79. The van der Waals surface area contributed by atoms with Crippen LogP contribution in [-0.4, -0.2) is 50.3 Å². The molecule has 2 fully saturated rings. The quantitative estimate of drug-likeness (QED) is 0.424. The highest BCUT2D eigenvalue weighted by atomic mass is 127. The van der Waals surface area contributed by atoms with E-state index in [4.69, 9.17) is 4.74 Å². The number of nitrogens with zero attached hydrogens (tertiary/aromatic N) is 2. The average molecular weight is 457 g/mol. The summed E-state index contributed by atoms with van der Waals surface area (Å²) < 4.78 is 5.72. The Morgan fingerprint density at radius 1 is 1.28 bits per heavy atom. The maximum Gasteiger partial charge on any atom is 0.193 e. The van der Waals surface area contributed by atoms with Crippen LogP contribution in [0.15, 0.2) is 35.3 Å². The first-order valence-electron chi connectivity index (χ1n) is 9.44. The summed E-state index contributed by atoms with van der Waals surface area (Å²) in [6.07, 6.45) is 5.11. The highest BCUT2D eigenvalue weighted by Crippen LogP contribution is 2.34. The lowest BCUT2D eigenvalue weighted by molar-refractivity contribution is 0.112. The van der Waals surface area contributed by atoms with Crippen LogP contribution >= 0.6 is 24.0 Å². The average Bonchev–Trinajstić information content (AvgIpc) is 3.16. The Bertz CT molecular complexity index is 531. The van der Waals surface area contributed by atoms with Crippen LogP contribution < -0.4 is 5.32 Å². The summed E-state index contributed by atoms with van der Waals surface area (Å²) in [6.45, 7) is 6.25. The Hall–Kier alpha value is -0.820. The molecule has 0 amide bonds. The zero-order valence-electron chi connectivity index (χ0n) is 15.5. The molecule has 25 heavy (non-hydrogen) atoms. The van der Waals surface area contributed by atoms with E-state index in [0.717, 1.165) is 38.6 Å². The van der Waals surface area contributed by atoms with E-state index < -0.39 is 0 Å². The van der Waals surface area contributed by atoms with Crippen molar-refractivity contribution >= 4 is 29.9 Å². The normalized spacial score (nSPS) is 27.0. The molecular formula is C20H32IN3O. The molecule has 3 atom stereocenters. The van der Waals surface area contributed by atoms with Gasteiger partial charge in [-0.3, -0.25) is 4.99 Å². The third kappa shape index (κ3) is 5.33. The van der Waals surface area contributed by atoms with Crippen LogP contribution in [0.5, 0.6) is 0 Å². The molecule has 1 aromatic carbocycles. The molecule has 3 unspecified atom stereocenters. The van der Waals surface area contributed by atoms with Crippen molar-refractivity contribution in [2.45, 2.75) is 44.6 Å². The van der Waals surface area contributed by atoms with Crippen molar-refractivity contribution in [2.75, 3.05) is 33.3 Å². The van der Waals surface area contributed by atoms with Crippen LogP contribution in [0, 0.1) is 5.92 Å². The molecule has 5 heteroatoms. The van der Waals surface area contributed by atoms with Crippen molar-refractivity contribution in [3.63, 3.8) is 0 Å². The number of guanidine groups is 1. The standard InChI is InChI=1S/C20H31N3O.HI/c1-3-16-15-23(12-11-19(16)17-8-5-4-6-9-17)20(21-2)22-14-18-10-7-13-24-18;/h4-6,8-9,16,18-19H,3,7,10-15H2,1-2H3,(H,21,22);1H. The summed E-state index contributed by atoms with van der Waals surface area (Å²) in [5, 5.41) is 3.53. The van der Waals surface area contributed by atoms with Crippen molar-refractivity contribution in [1.29, 1.82) is 0 Å². The number of piperidine rings is 1. The number of ether oxygens (including phenoxy) is 1. The first kappa shape index (κ1) is 20.5. The minimum absolute atomic E-state index is 0. The number of aliphatic imine (C=N–C) groups is 1. The molecule has 1 aromatic rings. The SMILES string of the molecule is CCC1CN(C(=NC)NCC2CCCO2)CCC1c1ccccc1.I. The van der Waals surface area contributed by atoms with Crippen LogP contribution in [-0.2, 0) is 4.74 Å². The van der Waals surface area contributed by atoms with Gasteiger partial charge in [-0.05, 0) is 36.7 Å². The van der Waals surface area contributed by atoms with Crippen LogP contribution in [0.3, 0.4) is 0 Å². The van der Waals surface area contributed by atoms with Crippen molar-refractivity contribution < 1.29 is 4.74 Å². The van der Waals surface area contributed by atoms with Gasteiger partial charge in [-0.25, -0.2) is 0 Å². The van der Waals surface area contributed by atoms with Crippen LogP contribution in [0.25, 0.3) is 0 Å². The molecule has 2 heterocycles. The van der Waals surface area contributed by atoms with E-state index in [-0.39, 0.29) is 24.0 Å². The molecule has 0 radical (unpaired) electrons. The van der Waals surface area contributed by atoms with Gasteiger partial charge in [-0.1, -0.05) is 43.7 Å². The zero-order valence-corrected chi connectivity index (χ0v) is 17.8. The number of rotatable bonds is 4. The smallest absolute Gasteiger partial charge is 0.193 e. The molecule has 0 saturated carbocycles. The van der Waals surface area contributed by atoms with Crippen molar-refractivity contribution in [3.8, 4) is 0 Å². The fourth-order valence-electron chi connectivity index (χ4n) is 4.12. The number of likely N-dealkylation sites (tertiary alicyclic amines) is 1. The molecule has 4 nitrogen and oxygen atoms in total. The Labute approximate surface area is 169 Å². The molecule has 140 valence electrons. The summed E-state index contributed by atoms with van der Waals surface area (Å²) >= 11 is 0. The number of benzene rings is 1. The molecule has 2 saturated heterocycles. The highest BCUT2D eigenvalue weighted by molar-refractivity contribution is 14.0. The van der Waals surface area contributed by atoms with Crippen molar-refractivity contribution in [3.05, 3.63) is 35.9 Å². The molecule has 0 spiro atoms. The van der Waals surface area contributed by atoms with Gasteiger partial charge < -0.3 is 15.0 Å². The van der Waals surface area contributed by atoms with Crippen molar-refractivity contribution in [1.82, 2.24) is 10.2 Å². The minimum atomic E-state index is 0. The summed E-state index contributed by atoms with van der Waals surface area (Å²) in [4.78, 5) is 6.95. The third-order valence-corrected chi connectivity index (χ3v) is 5.51. The molecule has 0 aliphatic carbocycles. The zero-order chi connectivity index (χ0) is 16.8. The number of halogens is 1. The largest absolute Gasteiger partial charge is 0.376 e. The summed E-state index contributed by atoms with van der Waals surface area (Å²) in [5.41, 5.74) is 1.49. The Morgan fingerprint density at radius 2 is 2.08 bits per heavy atom. The second-order valence-corrected chi connectivity index (χ2v) is 6.98. The first-order valence-corrected chi connectivity index (χ1v) is 9.44. The molecule has 0 bridgehead atoms. The number of hydrogen-bond acceptors (Lipinski definition) is 2. The van der Waals surface area contributed by atoms with E-state index in [2.05, 4.69) is 52.5 Å². The highest BCUT2D eigenvalue weighted by Gasteiger charge is 2.30. The predicted molar refractivity (Wildman–Crippen MR) is 115 cm³/mol. The van der Waals surface area contributed by atoms with Gasteiger partial charge in [-0.15, -0.1) is 24.0 Å². The summed E-state index contributed by atoms with van der Waals surface area (Å²) in [5.74, 6) is 2.39. The Balaban J connectivity index is 0.00000225. The maximum atomic E-state index is 5.72. The van der Waals surface area contributed by atoms with Gasteiger partial charge in [0.15, 0.2) is 5.96 Å². The summed E-state index contributed by atoms with van der Waals surface area (Å²) in [6, 6.07) is 11.0.